The standard InChI is InChI=1S/C11H12N4O3/c1-6-3-4-7(2)15(6)14-10(16)8-9(11(17)18)13-5-12-8/h3-5H,1-2H3,(H,12,13)(H,14,16)(H,17,18). The van der Waals surface area contributed by atoms with Crippen LogP contribution in [-0.4, -0.2) is 31.6 Å². The highest BCUT2D eigenvalue weighted by Gasteiger charge is 2.20. The number of rotatable bonds is 3. The Bertz CT molecular complexity index is 592. The van der Waals surface area contributed by atoms with E-state index in [-0.39, 0.29) is 11.4 Å². The molecular weight excluding hydrogens is 236 g/mol. The number of aromatic nitrogens is 3. The number of hydrogen-bond acceptors (Lipinski definition) is 3. The fourth-order valence-electron chi connectivity index (χ4n) is 1.63. The fourth-order valence-corrected chi connectivity index (χ4v) is 1.63. The Morgan fingerprint density at radius 2 is 1.94 bits per heavy atom. The highest BCUT2D eigenvalue weighted by atomic mass is 16.4. The lowest BCUT2D eigenvalue weighted by atomic mass is 10.3. The SMILES string of the molecule is Cc1ccc(C)n1NC(=O)c1nc[nH]c1C(=O)O. The number of aromatic amines is 1. The first-order valence-electron chi connectivity index (χ1n) is 5.23. The van der Waals surface area contributed by atoms with E-state index in [0.717, 1.165) is 11.4 Å². The van der Waals surface area contributed by atoms with Gasteiger partial charge in [-0.1, -0.05) is 0 Å². The van der Waals surface area contributed by atoms with Gasteiger partial charge in [-0.25, -0.2) is 9.78 Å². The molecule has 0 radical (unpaired) electrons. The van der Waals surface area contributed by atoms with Crippen molar-refractivity contribution in [3.8, 4) is 0 Å². The minimum absolute atomic E-state index is 0.144. The number of amides is 1. The molecule has 0 aromatic carbocycles. The Morgan fingerprint density at radius 1 is 1.33 bits per heavy atom. The number of carbonyl (C=O) groups excluding carboxylic acids is 1. The predicted octanol–water partition coefficient (Wildman–Crippen LogP) is 0.910. The normalized spacial score (nSPS) is 10.3. The van der Waals surface area contributed by atoms with Crippen molar-refractivity contribution in [3.63, 3.8) is 0 Å². The molecule has 0 saturated heterocycles. The van der Waals surface area contributed by atoms with E-state index in [1.54, 1.807) is 4.68 Å². The molecule has 2 heterocycles. The zero-order valence-corrected chi connectivity index (χ0v) is 9.89. The Labute approximate surface area is 102 Å². The van der Waals surface area contributed by atoms with E-state index in [4.69, 9.17) is 5.11 Å². The first-order valence-corrected chi connectivity index (χ1v) is 5.23. The van der Waals surface area contributed by atoms with Gasteiger partial charge in [0.25, 0.3) is 5.91 Å². The maximum atomic E-state index is 11.9. The molecule has 0 unspecified atom stereocenters. The summed E-state index contributed by atoms with van der Waals surface area (Å²) in [5.41, 5.74) is 3.90. The van der Waals surface area contributed by atoms with Gasteiger partial charge in [0.15, 0.2) is 11.4 Å². The predicted molar refractivity (Wildman–Crippen MR) is 63.1 cm³/mol. The minimum atomic E-state index is -1.22. The summed E-state index contributed by atoms with van der Waals surface area (Å²) in [6.07, 6.45) is 1.17. The fraction of sp³-hybridized carbons (Fsp3) is 0.182. The lowest BCUT2D eigenvalue weighted by Gasteiger charge is -2.10. The van der Waals surface area contributed by atoms with Crippen molar-refractivity contribution in [2.45, 2.75) is 13.8 Å². The number of aromatic carboxylic acids is 1. The first-order chi connectivity index (χ1) is 8.50. The van der Waals surface area contributed by atoms with E-state index >= 15 is 0 Å². The van der Waals surface area contributed by atoms with Crippen molar-refractivity contribution >= 4 is 11.9 Å². The van der Waals surface area contributed by atoms with Crippen molar-refractivity contribution in [1.82, 2.24) is 14.6 Å². The van der Waals surface area contributed by atoms with Gasteiger partial charge < -0.3 is 10.1 Å². The van der Waals surface area contributed by atoms with Crippen LogP contribution in [0, 0.1) is 13.8 Å². The van der Waals surface area contributed by atoms with Crippen LogP contribution in [0.15, 0.2) is 18.5 Å². The van der Waals surface area contributed by atoms with E-state index in [9.17, 15) is 9.59 Å². The lowest BCUT2D eigenvalue weighted by molar-refractivity contribution is 0.0686. The third-order valence-corrected chi connectivity index (χ3v) is 2.55. The number of aryl methyl sites for hydroxylation is 2. The third kappa shape index (κ3) is 1.97. The summed E-state index contributed by atoms with van der Waals surface area (Å²) in [4.78, 5) is 28.9. The number of carboxylic acid groups (broad SMARTS) is 1. The summed E-state index contributed by atoms with van der Waals surface area (Å²) >= 11 is 0. The average molecular weight is 248 g/mol. The Balaban J connectivity index is 2.28. The molecule has 0 bridgehead atoms. The molecule has 0 spiro atoms. The molecule has 18 heavy (non-hydrogen) atoms. The van der Waals surface area contributed by atoms with Crippen molar-refractivity contribution in [2.75, 3.05) is 5.43 Å². The van der Waals surface area contributed by atoms with Crippen LogP contribution in [0.5, 0.6) is 0 Å². The summed E-state index contributed by atoms with van der Waals surface area (Å²) in [7, 11) is 0. The topological polar surface area (TPSA) is 100 Å². The molecule has 2 rings (SSSR count). The molecule has 2 aromatic rings. The van der Waals surface area contributed by atoms with Gasteiger partial charge in [0.2, 0.25) is 0 Å². The van der Waals surface area contributed by atoms with E-state index in [2.05, 4.69) is 15.4 Å². The summed E-state index contributed by atoms with van der Waals surface area (Å²) in [6.45, 7) is 3.66. The van der Waals surface area contributed by atoms with Gasteiger partial charge in [0, 0.05) is 11.4 Å². The quantitative estimate of drug-likeness (QED) is 0.751. The largest absolute Gasteiger partial charge is 0.477 e. The van der Waals surface area contributed by atoms with Crippen LogP contribution in [0.25, 0.3) is 0 Å². The van der Waals surface area contributed by atoms with Gasteiger partial charge in [-0.2, -0.15) is 0 Å². The van der Waals surface area contributed by atoms with Crippen LogP contribution in [0.3, 0.4) is 0 Å². The lowest BCUT2D eigenvalue weighted by Crippen LogP contribution is -2.26. The molecule has 1 amide bonds. The highest BCUT2D eigenvalue weighted by molar-refractivity contribution is 6.05. The molecule has 0 aliphatic heterocycles. The van der Waals surface area contributed by atoms with Gasteiger partial charge in [-0.05, 0) is 26.0 Å². The van der Waals surface area contributed by atoms with E-state index in [0.29, 0.717) is 0 Å². The number of imidazole rings is 1. The van der Waals surface area contributed by atoms with Crippen LogP contribution in [0.1, 0.15) is 32.4 Å². The molecule has 0 fully saturated rings. The number of H-pyrrole nitrogens is 1. The van der Waals surface area contributed by atoms with Gasteiger partial charge >= 0.3 is 5.97 Å². The number of hydrogen-bond donors (Lipinski definition) is 3. The number of carboxylic acids is 1. The molecule has 7 heteroatoms. The van der Waals surface area contributed by atoms with Crippen LogP contribution in [-0.2, 0) is 0 Å². The first kappa shape index (κ1) is 11.9. The number of nitrogens with one attached hydrogen (secondary N) is 2. The van der Waals surface area contributed by atoms with Crippen LogP contribution < -0.4 is 5.43 Å². The molecule has 3 N–H and O–H groups in total. The van der Waals surface area contributed by atoms with Crippen molar-refractivity contribution in [1.29, 1.82) is 0 Å². The van der Waals surface area contributed by atoms with E-state index in [1.165, 1.54) is 6.33 Å². The molecule has 94 valence electrons. The second kappa shape index (κ2) is 4.36. The van der Waals surface area contributed by atoms with Crippen molar-refractivity contribution in [3.05, 3.63) is 41.2 Å². The number of nitrogens with zero attached hydrogens (tertiary/aromatic N) is 2. The molecule has 2 aromatic heterocycles. The zero-order chi connectivity index (χ0) is 13.3. The summed E-state index contributed by atoms with van der Waals surface area (Å²) < 4.78 is 1.57. The van der Waals surface area contributed by atoms with Gasteiger partial charge in [0.1, 0.15) is 0 Å². The van der Waals surface area contributed by atoms with Crippen LogP contribution >= 0.6 is 0 Å². The van der Waals surface area contributed by atoms with Crippen molar-refractivity contribution in [2.24, 2.45) is 0 Å². The zero-order valence-electron chi connectivity index (χ0n) is 9.89. The van der Waals surface area contributed by atoms with Gasteiger partial charge in [0.05, 0.1) is 6.33 Å². The smallest absolute Gasteiger partial charge is 0.354 e. The summed E-state index contributed by atoms with van der Waals surface area (Å²) in [5.74, 6) is -1.80. The van der Waals surface area contributed by atoms with E-state index < -0.39 is 11.9 Å². The number of carbonyl (C=O) groups is 2. The minimum Gasteiger partial charge on any atom is -0.477 e. The van der Waals surface area contributed by atoms with E-state index in [1.807, 2.05) is 26.0 Å². The molecule has 0 aliphatic rings. The second-order valence-electron chi connectivity index (χ2n) is 3.82. The van der Waals surface area contributed by atoms with Gasteiger partial charge in [-0.3, -0.25) is 14.9 Å². The Kier molecular flexibility index (Phi) is 2.88. The third-order valence-electron chi connectivity index (χ3n) is 2.55. The molecule has 0 atom stereocenters. The Hall–Kier alpha value is -2.57. The van der Waals surface area contributed by atoms with Crippen molar-refractivity contribution < 1.29 is 14.7 Å². The highest BCUT2D eigenvalue weighted by Crippen LogP contribution is 2.07. The average Bonchev–Trinajstić information content (AvgIpc) is 2.90. The molecule has 0 saturated carbocycles. The van der Waals surface area contributed by atoms with Gasteiger partial charge in [-0.15, -0.1) is 0 Å². The monoisotopic (exact) mass is 248 g/mol. The maximum absolute atomic E-state index is 11.9. The summed E-state index contributed by atoms with van der Waals surface area (Å²) in [5, 5.41) is 8.88. The molecular formula is C11H12N4O3. The van der Waals surface area contributed by atoms with Crippen LogP contribution in [0.4, 0.5) is 0 Å². The second-order valence-corrected chi connectivity index (χ2v) is 3.82. The molecule has 7 nitrogen and oxygen atoms in total. The van der Waals surface area contributed by atoms with Crippen LogP contribution in [0.2, 0.25) is 0 Å². The Morgan fingerprint density at radius 3 is 2.50 bits per heavy atom. The maximum Gasteiger partial charge on any atom is 0.354 e. The summed E-state index contributed by atoms with van der Waals surface area (Å²) in [6, 6.07) is 3.69. The molecule has 0 aliphatic carbocycles.